The van der Waals surface area contributed by atoms with Crippen molar-refractivity contribution in [2.24, 2.45) is 0 Å². The molecule has 0 aliphatic heterocycles. The van der Waals surface area contributed by atoms with Crippen molar-refractivity contribution in [1.82, 2.24) is 0 Å². The van der Waals surface area contributed by atoms with Crippen LogP contribution in [0.1, 0.15) is 5.56 Å². The number of amides is 1. The van der Waals surface area contributed by atoms with Crippen molar-refractivity contribution in [1.29, 1.82) is 0 Å². The van der Waals surface area contributed by atoms with Gasteiger partial charge in [-0.2, -0.15) is 0 Å². The van der Waals surface area contributed by atoms with E-state index in [4.69, 9.17) is 0 Å². The predicted octanol–water partition coefficient (Wildman–Crippen LogP) is 2.88. The van der Waals surface area contributed by atoms with Crippen LogP contribution in [0.2, 0.25) is 0 Å². The Morgan fingerprint density at radius 1 is 1.05 bits per heavy atom. The summed E-state index contributed by atoms with van der Waals surface area (Å²) in [5.41, 5.74) is 1.51. The zero-order valence-electron chi connectivity index (χ0n) is 11.3. The summed E-state index contributed by atoms with van der Waals surface area (Å²) >= 11 is 2.20. The molecule has 0 bridgehead atoms. The summed E-state index contributed by atoms with van der Waals surface area (Å²) in [4.78, 5) is 12.2. The molecule has 2 aromatic rings. The molecule has 6 heteroatoms. The summed E-state index contributed by atoms with van der Waals surface area (Å²) in [5, 5.41) is 2.80. The normalized spacial score (nSPS) is 11.1. The van der Waals surface area contributed by atoms with E-state index in [1.54, 1.807) is 12.1 Å². The predicted molar refractivity (Wildman–Crippen MR) is 91.0 cm³/mol. The molecule has 1 N–H and O–H groups in total. The SMILES string of the molecule is CS(=O)(=O)c1ccc(CC(=O)Nc2ccc(I)cc2)cc1. The van der Waals surface area contributed by atoms with Crippen LogP contribution in [0.4, 0.5) is 5.69 Å². The number of anilines is 1. The maximum atomic E-state index is 11.9. The van der Waals surface area contributed by atoms with Crippen molar-refractivity contribution in [2.45, 2.75) is 11.3 Å². The molecule has 0 radical (unpaired) electrons. The van der Waals surface area contributed by atoms with E-state index in [2.05, 4.69) is 27.9 Å². The highest BCUT2D eigenvalue weighted by molar-refractivity contribution is 14.1. The third-order valence-corrected chi connectivity index (χ3v) is 4.69. The van der Waals surface area contributed by atoms with E-state index >= 15 is 0 Å². The van der Waals surface area contributed by atoms with Gasteiger partial charge in [-0.05, 0) is 64.6 Å². The first-order chi connectivity index (χ1) is 9.84. The van der Waals surface area contributed by atoms with Gasteiger partial charge < -0.3 is 5.32 Å². The van der Waals surface area contributed by atoms with E-state index in [1.165, 1.54) is 12.1 Å². The third kappa shape index (κ3) is 4.82. The molecule has 0 aliphatic carbocycles. The van der Waals surface area contributed by atoms with Crippen LogP contribution in [0.3, 0.4) is 0 Å². The molecular weight excluding hydrogens is 401 g/mol. The lowest BCUT2D eigenvalue weighted by atomic mass is 10.1. The zero-order chi connectivity index (χ0) is 15.5. The van der Waals surface area contributed by atoms with Gasteiger partial charge in [0.1, 0.15) is 0 Å². The second kappa shape index (κ2) is 6.57. The van der Waals surface area contributed by atoms with Gasteiger partial charge in [-0.3, -0.25) is 4.79 Å². The van der Waals surface area contributed by atoms with Crippen molar-refractivity contribution >= 4 is 44.0 Å². The fourth-order valence-electron chi connectivity index (χ4n) is 1.78. The molecule has 2 aromatic carbocycles. The molecular formula is C15H14INO3S. The summed E-state index contributed by atoms with van der Waals surface area (Å²) in [6.45, 7) is 0. The Hall–Kier alpha value is -1.41. The number of carbonyl (C=O) groups is 1. The lowest BCUT2D eigenvalue weighted by Gasteiger charge is -2.06. The van der Waals surface area contributed by atoms with E-state index in [9.17, 15) is 13.2 Å². The van der Waals surface area contributed by atoms with Crippen molar-refractivity contribution < 1.29 is 13.2 Å². The van der Waals surface area contributed by atoms with E-state index in [0.29, 0.717) is 0 Å². The van der Waals surface area contributed by atoms with Crippen LogP contribution in [0, 0.1) is 3.57 Å². The highest BCUT2D eigenvalue weighted by atomic mass is 127. The fourth-order valence-corrected chi connectivity index (χ4v) is 2.77. The van der Waals surface area contributed by atoms with Crippen molar-refractivity contribution in [2.75, 3.05) is 11.6 Å². The summed E-state index contributed by atoms with van der Waals surface area (Å²) in [6, 6.07) is 13.9. The molecule has 0 spiro atoms. The van der Waals surface area contributed by atoms with Crippen molar-refractivity contribution in [3.8, 4) is 0 Å². The Balaban J connectivity index is 2.01. The summed E-state index contributed by atoms with van der Waals surface area (Å²) in [6.07, 6.45) is 1.36. The fraction of sp³-hybridized carbons (Fsp3) is 0.133. The van der Waals surface area contributed by atoms with Gasteiger partial charge in [-0.1, -0.05) is 12.1 Å². The molecule has 4 nitrogen and oxygen atoms in total. The van der Waals surface area contributed by atoms with Gasteiger partial charge >= 0.3 is 0 Å². The smallest absolute Gasteiger partial charge is 0.228 e. The molecule has 0 fully saturated rings. The molecule has 0 aromatic heterocycles. The average Bonchev–Trinajstić information content (AvgIpc) is 2.41. The Morgan fingerprint density at radius 2 is 1.62 bits per heavy atom. The number of hydrogen-bond acceptors (Lipinski definition) is 3. The van der Waals surface area contributed by atoms with Crippen LogP contribution in [0.5, 0.6) is 0 Å². The Bertz CT molecular complexity index is 737. The maximum absolute atomic E-state index is 11.9. The van der Waals surface area contributed by atoms with Gasteiger partial charge in [0.15, 0.2) is 9.84 Å². The Morgan fingerprint density at radius 3 is 2.14 bits per heavy atom. The molecule has 0 unspecified atom stereocenters. The Labute approximate surface area is 137 Å². The number of carbonyl (C=O) groups excluding carboxylic acids is 1. The largest absolute Gasteiger partial charge is 0.326 e. The van der Waals surface area contributed by atoms with Crippen molar-refractivity contribution in [3.63, 3.8) is 0 Å². The monoisotopic (exact) mass is 415 g/mol. The number of rotatable bonds is 4. The van der Waals surface area contributed by atoms with Crippen LogP contribution in [-0.2, 0) is 21.1 Å². The second-order valence-corrected chi connectivity index (χ2v) is 7.91. The van der Waals surface area contributed by atoms with Gasteiger partial charge in [-0.25, -0.2) is 8.42 Å². The van der Waals surface area contributed by atoms with Gasteiger partial charge in [-0.15, -0.1) is 0 Å². The third-order valence-electron chi connectivity index (χ3n) is 2.84. The van der Waals surface area contributed by atoms with Crippen molar-refractivity contribution in [3.05, 3.63) is 57.7 Å². The van der Waals surface area contributed by atoms with Crippen LogP contribution in [0.15, 0.2) is 53.4 Å². The number of sulfone groups is 1. The highest BCUT2D eigenvalue weighted by Gasteiger charge is 2.08. The molecule has 21 heavy (non-hydrogen) atoms. The number of benzene rings is 2. The van der Waals surface area contributed by atoms with E-state index < -0.39 is 9.84 Å². The molecule has 2 rings (SSSR count). The van der Waals surface area contributed by atoms with Gasteiger partial charge in [0.2, 0.25) is 5.91 Å². The minimum Gasteiger partial charge on any atom is -0.326 e. The number of nitrogens with one attached hydrogen (secondary N) is 1. The van der Waals surface area contributed by atoms with Gasteiger partial charge in [0.25, 0.3) is 0 Å². The second-order valence-electron chi connectivity index (χ2n) is 4.65. The first kappa shape index (κ1) is 16.0. The topological polar surface area (TPSA) is 63.2 Å². The first-order valence-corrected chi connectivity index (χ1v) is 9.16. The number of halogens is 1. The van der Waals surface area contributed by atoms with E-state index in [1.807, 2.05) is 24.3 Å². The molecule has 0 saturated carbocycles. The summed E-state index contributed by atoms with van der Waals surface area (Å²) < 4.78 is 23.8. The minimum atomic E-state index is -3.20. The van der Waals surface area contributed by atoms with Crippen LogP contribution in [0.25, 0.3) is 0 Å². The van der Waals surface area contributed by atoms with Crippen LogP contribution in [-0.4, -0.2) is 20.6 Å². The standard InChI is InChI=1S/C15H14INO3S/c1-21(19,20)14-8-2-11(3-9-14)10-15(18)17-13-6-4-12(16)5-7-13/h2-9H,10H2,1H3,(H,17,18). The quantitative estimate of drug-likeness (QED) is 0.782. The van der Waals surface area contributed by atoms with E-state index in [-0.39, 0.29) is 17.2 Å². The highest BCUT2D eigenvalue weighted by Crippen LogP contribution is 2.13. The molecule has 1 amide bonds. The molecule has 0 atom stereocenters. The maximum Gasteiger partial charge on any atom is 0.228 e. The van der Waals surface area contributed by atoms with Gasteiger partial charge in [0, 0.05) is 15.5 Å². The number of hydrogen-bond donors (Lipinski definition) is 1. The molecule has 0 aliphatic rings. The summed E-state index contributed by atoms with van der Waals surface area (Å²) in [7, 11) is -3.20. The minimum absolute atomic E-state index is 0.136. The molecule has 0 saturated heterocycles. The van der Waals surface area contributed by atoms with Crippen LogP contribution < -0.4 is 5.32 Å². The average molecular weight is 415 g/mol. The molecule has 0 heterocycles. The lowest BCUT2D eigenvalue weighted by Crippen LogP contribution is -2.14. The zero-order valence-corrected chi connectivity index (χ0v) is 14.3. The first-order valence-electron chi connectivity index (χ1n) is 6.19. The molecule has 110 valence electrons. The summed E-state index contributed by atoms with van der Waals surface area (Å²) in [5.74, 6) is -0.136. The van der Waals surface area contributed by atoms with Gasteiger partial charge in [0.05, 0.1) is 11.3 Å². The lowest BCUT2D eigenvalue weighted by molar-refractivity contribution is -0.115. The van der Waals surface area contributed by atoms with E-state index in [0.717, 1.165) is 21.1 Å². The van der Waals surface area contributed by atoms with Crippen LogP contribution >= 0.6 is 22.6 Å². The Kier molecular flexibility index (Phi) is 5.00.